The highest BCUT2D eigenvalue weighted by Crippen LogP contribution is 2.13. The number of aromatic nitrogens is 2. The first-order chi connectivity index (χ1) is 8.97. The number of carboxylic acids is 1. The van der Waals surface area contributed by atoms with Gasteiger partial charge in [-0.2, -0.15) is 5.10 Å². The number of rotatable bonds is 3. The maximum absolute atomic E-state index is 11.6. The highest BCUT2D eigenvalue weighted by Gasteiger charge is 2.24. The molecule has 1 aromatic heterocycles. The largest absolute Gasteiger partial charge is 0.480 e. The maximum Gasteiger partial charge on any atom is 0.328 e. The van der Waals surface area contributed by atoms with E-state index in [4.69, 9.17) is 5.11 Å². The van der Waals surface area contributed by atoms with E-state index >= 15 is 0 Å². The SMILES string of the molecule is O=C(O)Cn1ncc(N2CCC(=O)NC2=O)cc1=O. The minimum absolute atomic E-state index is 0.129. The number of carboxylic acid groups (broad SMARTS) is 1. The number of amides is 3. The zero-order valence-electron chi connectivity index (χ0n) is 9.70. The number of urea groups is 1. The second kappa shape index (κ2) is 4.88. The first-order valence-corrected chi connectivity index (χ1v) is 5.37. The Hall–Kier alpha value is -2.71. The standard InChI is InChI=1S/C10H10N4O5/c15-7-1-2-13(10(19)12-7)6-3-8(16)14(11-4-6)5-9(17)18/h3-4H,1-2,5H2,(H,17,18)(H,12,15,19). The van der Waals surface area contributed by atoms with Crippen molar-refractivity contribution in [3.05, 3.63) is 22.6 Å². The van der Waals surface area contributed by atoms with Gasteiger partial charge in [-0.25, -0.2) is 9.48 Å². The van der Waals surface area contributed by atoms with E-state index in [1.807, 2.05) is 0 Å². The molecule has 19 heavy (non-hydrogen) atoms. The number of aliphatic carboxylic acids is 1. The summed E-state index contributed by atoms with van der Waals surface area (Å²) >= 11 is 0. The van der Waals surface area contributed by atoms with Crippen LogP contribution >= 0.6 is 0 Å². The number of imide groups is 1. The fourth-order valence-corrected chi connectivity index (χ4v) is 1.63. The van der Waals surface area contributed by atoms with Gasteiger partial charge in [-0.1, -0.05) is 0 Å². The molecule has 2 rings (SSSR count). The van der Waals surface area contributed by atoms with Crippen LogP contribution in [0.15, 0.2) is 17.1 Å². The predicted octanol–water partition coefficient (Wildman–Crippen LogP) is -1.23. The summed E-state index contributed by atoms with van der Waals surface area (Å²) in [5.41, 5.74) is -0.416. The number of carbonyl (C=O) groups is 3. The fourth-order valence-electron chi connectivity index (χ4n) is 1.63. The second-order valence-corrected chi connectivity index (χ2v) is 3.86. The molecule has 9 heteroatoms. The Kier molecular flexibility index (Phi) is 3.27. The number of anilines is 1. The molecule has 100 valence electrons. The smallest absolute Gasteiger partial charge is 0.328 e. The van der Waals surface area contributed by atoms with E-state index in [9.17, 15) is 19.2 Å². The van der Waals surface area contributed by atoms with Crippen LogP contribution in [0.2, 0.25) is 0 Å². The van der Waals surface area contributed by atoms with Gasteiger partial charge in [-0.05, 0) is 0 Å². The van der Waals surface area contributed by atoms with Gasteiger partial charge in [-0.15, -0.1) is 0 Å². The van der Waals surface area contributed by atoms with Crippen molar-refractivity contribution in [2.45, 2.75) is 13.0 Å². The average Bonchev–Trinajstić information content (AvgIpc) is 2.31. The van der Waals surface area contributed by atoms with Gasteiger partial charge in [0.25, 0.3) is 5.56 Å². The second-order valence-electron chi connectivity index (χ2n) is 3.86. The normalized spacial score (nSPS) is 15.3. The molecule has 1 saturated heterocycles. The molecular weight excluding hydrogens is 256 g/mol. The molecule has 0 spiro atoms. The zero-order valence-corrected chi connectivity index (χ0v) is 9.70. The minimum atomic E-state index is -1.19. The predicted molar refractivity (Wildman–Crippen MR) is 61.6 cm³/mol. The Morgan fingerprint density at radius 3 is 2.74 bits per heavy atom. The van der Waals surface area contributed by atoms with E-state index < -0.39 is 24.1 Å². The van der Waals surface area contributed by atoms with Crippen LogP contribution in [0, 0.1) is 0 Å². The van der Waals surface area contributed by atoms with Crippen LogP contribution in [0.3, 0.4) is 0 Å². The summed E-state index contributed by atoms with van der Waals surface area (Å²) in [5.74, 6) is -1.57. The number of nitrogens with zero attached hydrogens (tertiary/aromatic N) is 3. The average molecular weight is 266 g/mol. The van der Waals surface area contributed by atoms with Crippen LogP contribution in [-0.4, -0.2) is 39.3 Å². The van der Waals surface area contributed by atoms with Crippen molar-refractivity contribution in [2.75, 3.05) is 11.4 Å². The van der Waals surface area contributed by atoms with Crippen molar-refractivity contribution < 1.29 is 19.5 Å². The molecule has 0 aromatic carbocycles. The molecule has 0 bridgehead atoms. The molecule has 2 N–H and O–H groups in total. The van der Waals surface area contributed by atoms with Crippen LogP contribution in [0.25, 0.3) is 0 Å². The quantitative estimate of drug-likeness (QED) is 0.706. The van der Waals surface area contributed by atoms with Crippen LogP contribution in [0.4, 0.5) is 10.5 Å². The van der Waals surface area contributed by atoms with Crippen molar-refractivity contribution in [2.24, 2.45) is 0 Å². The highest BCUT2D eigenvalue weighted by atomic mass is 16.4. The molecule has 0 unspecified atom stereocenters. The van der Waals surface area contributed by atoms with Crippen LogP contribution in [0.5, 0.6) is 0 Å². The molecule has 0 aliphatic carbocycles. The summed E-state index contributed by atoms with van der Waals surface area (Å²) in [5, 5.41) is 14.3. The Morgan fingerprint density at radius 1 is 1.42 bits per heavy atom. The molecule has 3 amide bonds. The van der Waals surface area contributed by atoms with Crippen molar-refractivity contribution in [3.63, 3.8) is 0 Å². The van der Waals surface area contributed by atoms with Gasteiger partial charge in [0, 0.05) is 19.0 Å². The fraction of sp³-hybridized carbons (Fsp3) is 0.300. The van der Waals surface area contributed by atoms with Crippen LogP contribution in [-0.2, 0) is 16.1 Å². The lowest BCUT2D eigenvalue weighted by Gasteiger charge is -2.25. The Labute approximate surface area is 106 Å². The first kappa shape index (κ1) is 12.7. The monoisotopic (exact) mass is 266 g/mol. The summed E-state index contributed by atoms with van der Waals surface area (Å²) < 4.78 is 0.763. The van der Waals surface area contributed by atoms with E-state index in [0.29, 0.717) is 0 Å². The number of nitrogens with one attached hydrogen (secondary N) is 1. The van der Waals surface area contributed by atoms with E-state index in [1.54, 1.807) is 0 Å². The summed E-state index contributed by atoms with van der Waals surface area (Å²) in [6.45, 7) is -0.404. The van der Waals surface area contributed by atoms with Gasteiger partial charge in [-0.3, -0.25) is 24.6 Å². The van der Waals surface area contributed by atoms with E-state index in [0.717, 1.165) is 10.7 Å². The van der Waals surface area contributed by atoms with Crippen molar-refractivity contribution >= 4 is 23.6 Å². The van der Waals surface area contributed by atoms with Gasteiger partial charge >= 0.3 is 12.0 Å². The molecule has 1 aliphatic rings. The minimum Gasteiger partial charge on any atom is -0.480 e. The summed E-state index contributed by atoms with van der Waals surface area (Å²) in [4.78, 5) is 45.8. The van der Waals surface area contributed by atoms with Gasteiger partial charge in [0.15, 0.2) is 0 Å². The third kappa shape index (κ3) is 2.76. The molecule has 9 nitrogen and oxygen atoms in total. The molecule has 1 aliphatic heterocycles. The Morgan fingerprint density at radius 2 is 2.16 bits per heavy atom. The molecule has 0 atom stereocenters. The van der Waals surface area contributed by atoms with Crippen molar-refractivity contribution in [1.82, 2.24) is 15.1 Å². The van der Waals surface area contributed by atoms with Crippen molar-refractivity contribution in [3.8, 4) is 0 Å². The maximum atomic E-state index is 11.6. The summed E-state index contributed by atoms with van der Waals surface area (Å²) in [6.07, 6.45) is 1.34. The number of carbonyl (C=O) groups excluding carboxylic acids is 2. The Balaban J connectivity index is 2.25. The van der Waals surface area contributed by atoms with Crippen LogP contribution < -0.4 is 15.8 Å². The molecular formula is C10H10N4O5. The summed E-state index contributed by atoms with van der Waals surface area (Å²) in [7, 11) is 0. The van der Waals surface area contributed by atoms with E-state index in [1.165, 1.54) is 11.1 Å². The molecule has 1 fully saturated rings. The van der Waals surface area contributed by atoms with Gasteiger partial charge in [0.2, 0.25) is 5.91 Å². The third-order valence-electron chi connectivity index (χ3n) is 2.51. The molecule has 0 saturated carbocycles. The lowest BCUT2D eigenvalue weighted by Crippen LogP contribution is -2.50. The molecule has 1 aromatic rings. The summed E-state index contributed by atoms with van der Waals surface area (Å²) in [6, 6.07) is 0.471. The number of hydrogen-bond acceptors (Lipinski definition) is 5. The zero-order chi connectivity index (χ0) is 14.0. The van der Waals surface area contributed by atoms with E-state index in [2.05, 4.69) is 10.4 Å². The first-order valence-electron chi connectivity index (χ1n) is 5.37. The third-order valence-corrected chi connectivity index (χ3v) is 2.51. The van der Waals surface area contributed by atoms with Gasteiger partial charge < -0.3 is 5.11 Å². The molecule has 0 radical (unpaired) electrons. The lowest BCUT2D eigenvalue weighted by atomic mass is 10.3. The van der Waals surface area contributed by atoms with Gasteiger partial charge in [0.05, 0.1) is 11.9 Å². The molecule has 2 heterocycles. The highest BCUT2D eigenvalue weighted by molar-refractivity contribution is 6.05. The van der Waals surface area contributed by atoms with Crippen LogP contribution in [0.1, 0.15) is 6.42 Å². The Bertz CT molecular complexity index is 608. The van der Waals surface area contributed by atoms with Crippen molar-refractivity contribution in [1.29, 1.82) is 0 Å². The number of hydrogen-bond donors (Lipinski definition) is 2. The lowest BCUT2D eigenvalue weighted by molar-refractivity contribution is -0.138. The van der Waals surface area contributed by atoms with Gasteiger partial charge in [0.1, 0.15) is 6.54 Å². The van der Waals surface area contributed by atoms with E-state index in [-0.39, 0.29) is 24.6 Å². The topological polar surface area (TPSA) is 122 Å².